The molecule has 2 unspecified atom stereocenters. The van der Waals surface area contributed by atoms with Crippen molar-refractivity contribution in [2.75, 3.05) is 0 Å². The first kappa shape index (κ1) is 9.70. The third kappa shape index (κ3) is 1.80. The van der Waals surface area contributed by atoms with Crippen LogP contribution in [-0.4, -0.2) is 11.3 Å². The van der Waals surface area contributed by atoms with E-state index in [2.05, 4.69) is 29.7 Å². The fraction of sp³-hybridized carbons (Fsp3) is 0.500. The molecule has 1 aliphatic heterocycles. The van der Waals surface area contributed by atoms with Gasteiger partial charge in [-0.1, -0.05) is 18.2 Å². The van der Waals surface area contributed by atoms with Gasteiger partial charge in [0.1, 0.15) is 0 Å². The highest BCUT2D eigenvalue weighted by Gasteiger charge is 2.38. The van der Waals surface area contributed by atoms with Crippen LogP contribution < -0.4 is 11.3 Å². The molecule has 0 saturated heterocycles. The molecule has 2 atom stereocenters. The first-order valence-corrected chi connectivity index (χ1v) is 6.47. The number of hydrogen-bond donors (Lipinski definition) is 2. The second-order valence-corrected chi connectivity index (χ2v) is 5.78. The average molecular weight is 220 g/mol. The fourth-order valence-electron chi connectivity index (χ4n) is 2.41. The number of nitrogens with one attached hydrogen (secondary N) is 1. The van der Waals surface area contributed by atoms with E-state index >= 15 is 0 Å². The Morgan fingerprint density at radius 1 is 1.33 bits per heavy atom. The minimum absolute atomic E-state index is 0.502. The Hall–Kier alpha value is -0.510. The molecule has 2 nitrogen and oxygen atoms in total. The maximum atomic E-state index is 5.67. The molecule has 15 heavy (non-hydrogen) atoms. The molecule has 0 spiro atoms. The minimum atomic E-state index is 0.502. The third-order valence-electron chi connectivity index (χ3n) is 3.39. The van der Waals surface area contributed by atoms with Crippen molar-refractivity contribution in [1.29, 1.82) is 0 Å². The van der Waals surface area contributed by atoms with Gasteiger partial charge in [-0.2, -0.15) is 0 Å². The molecular weight excluding hydrogens is 204 g/mol. The molecule has 1 aliphatic carbocycles. The zero-order valence-electron chi connectivity index (χ0n) is 8.65. The van der Waals surface area contributed by atoms with Crippen molar-refractivity contribution in [2.24, 2.45) is 11.8 Å². The Morgan fingerprint density at radius 2 is 2.13 bits per heavy atom. The maximum Gasteiger partial charge on any atom is 0.0364 e. The van der Waals surface area contributed by atoms with Crippen molar-refractivity contribution in [3.63, 3.8) is 0 Å². The number of hydrogen-bond acceptors (Lipinski definition) is 3. The molecule has 3 rings (SSSR count). The number of thioether (sulfide) groups is 1. The molecule has 3 N–H and O–H groups in total. The predicted octanol–water partition coefficient (Wildman–Crippen LogP) is 1.95. The average Bonchev–Trinajstić information content (AvgIpc) is 2.99. The standard InChI is InChI=1S/C12H16N2S/c13-14-12(8-5-6-8)11-7-9-3-1-2-4-10(9)15-11/h1-4,8,11-12,14H,5-7,13H2. The van der Waals surface area contributed by atoms with E-state index in [4.69, 9.17) is 5.84 Å². The summed E-state index contributed by atoms with van der Waals surface area (Å²) in [4.78, 5) is 1.45. The molecule has 1 saturated carbocycles. The Labute approximate surface area is 94.6 Å². The van der Waals surface area contributed by atoms with Crippen molar-refractivity contribution in [1.82, 2.24) is 5.43 Å². The van der Waals surface area contributed by atoms with Crippen molar-refractivity contribution in [3.8, 4) is 0 Å². The molecule has 80 valence electrons. The molecule has 0 aromatic heterocycles. The van der Waals surface area contributed by atoms with Gasteiger partial charge in [0.2, 0.25) is 0 Å². The van der Waals surface area contributed by atoms with E-state index in [1.807, 2.05) is 11.8 Å². The molecule has 0 amide bonds. The van der Waals surface area contributed by atoms with Crippen LogP contribution in [0.3, 0.4) is 0 Å². The lowest BCUT2D eigenvalue weighted by molar-refractivity contribution is 0.459. The number of hydrazine groups is 1. The van der Waals surface area contributed by atoms with Crippen LogP contribution in [-0.2, 0) is 6.42 Å². The van der Waals surface area contributed by atoms with Crippen LogP contribution in [0, 0.1) is 5.92 Å². The van der Waals surface area contributed by atoms with E-state index in [1.165, 1.54) is 29.7 Å². The van der Waals surface area contributed by atoms with Crippen molar-refractivity contribution in [2.45, 2.75) is 35.4 Å². The summed E-state index contributed by atoms with van der Waals surface area (Å²) in [6, 6.07) is 9.21. The lowest BCUT2D eigenvalue weighted by atomic mass is 10.0. The van der Waals surface area contributed by atoms with Gasteiger partial charge >= 0.3 is 0 Å². The molecule has 1 fully saturated rings. The first-order chi connectivity index (χ1) is 7.38. The van der Waals surface area contributed by atoms with Gasteiger partial charge in [0.15, 0.2) is 0 Å². The van der Waals surface area contributed by atoms with Gasteiger partial charge in [-0.05, 0) is 36.8 Å². The number of rotatable bonds is 3. The molecule has 0 radical (unpaired) electrons. The van der Waals surface area contributed by atoms with Crippen LogP contribution in [0.1, 0.15) is 18.4 Å². The molecular formula is C12H16N2S. The second kappa shape index (κ2) is 3.81. The van der Waals surface area contributed by atoms with Gasteiger partial charge in [0, 0.05) is 16.2 Å². The minimum Gasteiger partial charge on any atom is -0.271 e. The number of nitrogens with two attached hydrogens (primary N) is 1. The van der Waals surface area contributed by atoms with Crippen LogP contribution >= 0.6 is 11.8 Å². The second-order valence-electron chi connectivity index (χ2n) is 4.50. The van der Waals surface area contributed by atoms with E-state index < -0.39 is 0 Å². The smallest absolute Gasteiger partial charge is 0.0364 e. The zero-order valence-corrected chi connectivity index (χ0v) is 9.46. The summed E-state index contributed by atoms with van der Waals surface area (Å²) in [6.07, 6.45) is 3.87. The van der Waals surface area contributed by atoms with Crippen molar-refractivity contribution >= 4 is 11.8 Å². The van der Waals surface area contributed by atoms with Gasteiger partial charge in [0.25, 0.3) is 0 Å². The third-order valence-corrected chi connectivity index (χ3v) is 4.81. The highest BCUT2D eigenvalue weighted by atomic mass is 32.2. The normalized spacial score (nSPS) is 26.3. The predicted molar refractivity (Wildman–Crippen MR) is 63.6 cm³/mol. The first-order valence-electron chi connectivity index (χ1n) is 5.59. The van der Waals surface area contributed by atoms with E-state index in [0.29, 0.717) is 11.3 Å². The summed E-state index contributed by atoms with van der Waals surface area (Å²) >= 11 is 1.99. The van der Waals surface area contributed by atoms with E-state index in [1.54, 1.807) is 0 Å². The quantitative estimate of drug-likeness (QED) is 0.604. The largest absolute Gasteiger partial charge is 0.271 e. The lowest BCUT2D eigenvalue weighted by Gasteiger charge is -2.21. The van der Waals surface area contributed by atoms with Gasteiger partial charge in [-0.3, -0.25) is 11.3 Å². The van der Waals surface area contributed by atoms with Gasteiger partial charge in [-0.25, -0.2) is 0 Å². The molecule has 0 bridgehead atoms. The Balaban J connectivity index is 1.77. The molecule has 1 aromatic rings. The van der Waals surface area contributed by atoms with E-state index in [0.717, 1.165) is 5.92 Å². The van der Waals surface area contributed by atoms with Crippen LogP contribution in [0.4, 0.5) is 0 Å². The van der Waals surface area contributed by atoms with Crippen molar-refractivity contribution < 1.29 is 0 Å². The van der Waals surface area contributed by atoms with Crippen LogP contribution in [0.15, 0.2) is 29.2 Å². The topological polar surface area (TPSA) is 38.0 Å². The van der Waals surface area contributed by atoms with Gasteiger partial charge in [0.05, 0.1) is 0 Å². The molecule has 2 aliphatic rings. The summed E-state index contributed by atoms with van der Waals surface area (Å²) in [6.45, 7) is 0. The zero-order chi connectivity index (χ0) is 10.3. The highest BCUT2D eigenvalue weighted by Crippen LogP contribution is 2.44. The lowest BCUT2D eigenvalue weighted by Crippen LogP contribution is -2.44. The van der Waals surface area contributed by atoms with Crippen molar-refractivity contribution in [3.05, 3.63) is 29.8 Å². The van der Waals surface area contributed by atoms with Crippen LogP contribution in [0.2, 0.25) is 0 Å². The summed E-state index contributed by atoms with van der Waals surface area (Å²) in [5, 5.41) is 0.639. The Kier molecular flexibility index (Phi) is 2.47. The van der Waals surface area contributed by atoms with E-state index in [-0.39, 0.29) is 0 Å². The summed E-state index contributed by atoms with van der Waals surface area (Å²) in [7, 11) is 0. The Bertz CT molecular complexity index is 337. The van der Waals surface area contributed by atoms with Gasteiger partial charge in [-0.15, -0.1) is 11.8 Å². The van der Waals surface area contributed by atoms with Crippen LogP contribution in [0.5, 0.6) is 0 Å². The van der Waals surface area contributed by atoms with Crippen LogP contribution in [0.25, 0.3) is 0 Å². The molecule has 3 heteroatoms. The number of fused-ring (bicyclic) bond motifs is 1. The SMILES string of the molecule is NNC(C1CC1)C1Cc2ccccc2S1. The maximum absolute atomic E-state index is 5.67. The molecule has 1 aromatic carbocycles. The summed E-state index contributed by atoms with van der Waals surface area (Å²) < 4.78 is 0. The van der Waals surface area contributed by atoms with E-state index in [9.17, 15) is 0 Å². The summed E-state index contributed by atoms with van der Waals surface area (Å²) in [5.41, 5.74) is 4.51. The number of benzene rings is 1. The fourth-order valence-corrected chi connectivity index (χ4v) is 3.91. The molecule has 1 heterocycles. The van der Waals surface area contributed by atoms with Gasteiger partial charge < -0.3 is 0 Å². The Morgan fingerprint density at radius 3 is 2.80 bits per heavy atom. The monoisotopic (exact) mass is 220 g/mol. The highest BCUT2D eigenvalue weighted by molar-refractivity contribution is 8.00. The summed E-state index contributed by atoms with van der Waals surface area (Å²) in [5.74, 6) is 6.49.